The Balaban J connectivity index is 1.90. The zero-order valence-corrected chi connectivity index (χ0v) is 18.1. The number of benzene rings is 2. The molecule has 31 heavy (non-hydrogen) atoms. The number of imidazole rings is 2. The van der Waals surface area contributed by atoms with Crippen LogP contribution in [0.1, 0.15) is 35.2 Å². The first kappa shape index (κ1) is 20.0. The summed E-state index contributed by atoms with van der Waals surface area (Å²) in [6.45, 7) is 6.61. The molecule has 2 aromatic heterocycles. The molecule has 0 bridgehead atoms. The Kier molecular flexibility index (Phi) is 4.36. The van der Waals surface area contributed by atoms with Gasteiger partial charge in [-0.1, -0.05) is 29.8 Å². The lowest BCUT2D eigenvalue weighted by Gasteiger charge is -2.20. The molecule has 5 rings (SSSR count). The molecule has 162 valence electrons. The van der Waals surface area contributed by atoms with Crippen molar-refractivity contribution in [3.63, 3.8) is 0 Å². The lowest BCUT2D eigenvalue weighted by Crippen LogP contribution is -2.24. The van der Waals surface area contributed by atoms with Crippen LogP contribution in [0.25, 0.3) is 22.5 Å². The summed E-state index contributed by atoms with van der Waals surface area (Å²) in [7, 11) is 1.74. The number of hydrogen-bond acceptors (Lipinski definition) is 2. The van der Waals surface area contributed by atoms with Crippen molar-refractivity contribution in [3.05, 3.63) is 58.8 Å². The monoisotopic (exact) mass is 426 g/mol. The molecule has 1 aliphatic carbocycles. The smallest absolute Gasteiger partial charge is 0.359 e. The van der Waals surface area contributed by atoms with Crippen LogP contribution >= 0.6 is 0 Å². The Morgan fingerprint density at radius 3 is 2.23 bits per heavy atom. The first-order valence-corrected chi connectivity index (χ1v) is 10.5. The van der Waals surface area contributed by atoms with E-state index in [1.807, 2.05) is 49.6 Å². The van der Waals surface area contributed by atoms with Crippen LogP contribution in [0.2, 0.25) is 0 Å². The summed E-state index contributed by atoms with van der Waals surface area (Å²) in [5.41, 5.74) is 4.75. The molecule has 0 aliphatic heterocycles. The first-order chi connectivity index (χ1) is 14.7. The van der Waals surface area contributed by atoms with Gasteiger partial charge in [0.15, 0.2) is 5.69 Å². The highest BCUT2D eigenvalue weighted by Gasteiger charge is 2.41. The number of fused-ring (bicyclic) bond motifs is 3. The van der Waals surface area contributed by atoms with Gasteiger partial charge in [-0.3, -0.25) is 8.97 Å². The van der Waals surface area contributed by atoms with Crippen molar-refractivity contribution in [3.8, 4) is 5.69 Å². The standard InChI is InChI=1S/C24H25F3N4/c1-14-11-15(2)20(16(3)12-14)30-18-7-5-6-8-19(18)31-22(29(4)13-17-9-10-17)21(24(25,26)27)28-23(30)31/h5-8,11-12,17H,9-10,13H2,1-4H3. The molecule has 1 saturated carbocycles. The summed E-state index contributed by atoms with van der Waals surface area (Å²) in [5.74, 6) is 0.861. The zero-order valence-electron chi connectivity index (χ0n) is 18.1. The fourth-order valence-electron chi connectivity index (χ4n) is 4.78. The Morgan fingerprint density at radius 2 is 1.65 bits per heavy atom. The predicted octanol–water partition coefficient (Wildman–Crippen LogP) is 6.07. The minimum atomic E-state index is -4.54. The van der Waals surface area contributed by atoms with Crippen LogP contribution < -0.4 is 4.90 Å². The van der Waals surface area contributed by atoms with Crippen LogP contribution in [0.15, 0.2) is 36.4 Å². The maximum absolute atomic E-state index is 14.1. The van der Waals surface area contributed by atoms with Gasteiger partial charge in [0.2, 0.25) is 5.78 Å². The molecule has 1 fully saturated rings. The molecule has 4 nitrogen and oxygen atoms in total. The third kappa shape index (κ3) is 3.18. The van der Waals surface area contributed by atoms with Crippen molar-refractivity contribution in [2.45, 2.75) is 39.8 Å². The molecule has 2 aromatic carbocycles. The van der Waals surface area contributed by atoms with Crippen molar-refractivity contribution >= 4 is 22.6 Å². The fraction of sp³-hybridized carbons (Fsp3) is 0.375. The molecule has 2 heterocycles. The summed E-state index contributed by atoms with van der Waals surface area (Å²) < 4.78 is 45.9. The van der Waals surface area contributed by atoms with E-state index >= 15 is 0 Å². The number of hydrogen-bond donors (Lipinski definition) is 0. The van der Waals surface area contributed by atoms with Gasteiger partial charge in [-0.15, -0.1) is 0 Å². The summed E-state index contributed by atoms with van der Waals surface area (Å²) in [6.07, 6.45) is -2.41. The summed E-state index contributed by atoms with van der Waals surface area (Å²) in [6, 6.07) is 11.7. The lowest BCUT2D eigenvalue weighted by molar-refractivity contribution is -0.140. The molecular weight excluding hydrogens is 401 g/mol. The van der Waals surface area contributed by atoms with Gasteiger partial charge in [0.1, 0.15) is 5.82 Å². The van der Waals surface area contributed by atoms with Gasteiger partial charge in [-0.05, 0) is 62.8 Å². The number of rotatable bonds is 4. The zero-order chi connectivity index (χ0) is 22.1. The molecule has 0 amide bonds. The second kappa shape index (κ2) is 6.77. The molecule has 0 spiro atoms. The summed E-state index contributed by atoms with van der Waals surface area (Å²) >= 11 is 0. The maximum atomic E-state index is 14.1. The van der Waals surface area contributed by atoms with Gasteiger partial charge in [-0.2, -0.15) is 13.2 Å². The minimum absolute atomic E-state index is 0.117. The van der Waals surface area contributed by atoms with E-state index in [0.29, 0.717) is 18.2 Å². The van der Waals surface area contributed by atoms with E-state index in [1.54, 1.807) is 16.3 Å². The number of aromatic nitrogens is 3. The van der Waals surface area contributed by atoms with Crippen LogP contribution in [0.3, 0.4) is 0 Å². The van der Waals surface area contributed by atoms with E-state index in [4.69, 9.17) is 0 Å². The molecule has 0 N–H and O–H groups in total. The molecule has 1 aliphatic rings. The quantitative estimate of drug-likeness (QED) is 0.396. The van der Waals surface area contributed by atoms with E-state index in [-0.39, 0.29) is 5.82 Å². The number of anilines is 1. The van der Waals surface area contributed by atoms with Crippen molar-refractivity contribution in [1.29, 1.82) is 0 Å². The Morgan fingerprint density at radius 1 is 1.03 bits per heavy atom. The predicted molar refractivity (Wildman–Crippen MR) is 117 cm³/mol. The van der Waals surface area contributed by atoms with Crippen molar-refractivity contribution in [1.82, 2.24) is 14.0 Å². The van der Waals surface area contributed by atoms with Gasteiger partial charge in [0, 0.05) is 13.6 Å². The number of nitrogens with zero attached hydrogens (tertiary/aromatic N) is 4. The fourth-order valence-corrected chi connectivity index (χ4v) is 4.78. The van der Waals surface area contributed by atoms with Crippen molar-refractivity contribution < 1.29 is 13.2 Å². The van der Waals surface area contributed by atoms with Crippen LogP contribution in [-0.4, -0.2) is 27.5 Å². The largest absolute Gasteiger partial charge is 0.437 e. The average molecular weight is 426 g/mol. The molecule has 4 aromatic rings. The highest BCUT2D eigenvalue weighted by Crippen LogP contribution is 2.41. The van der Waals surface area contributed by atoms with Crippen LogP contribution in [0.5, 0.6) is 0 Å². The van der Waals surface area contributed by atoms with E-state index in [9.17, 15) is 13.2 Å². The van der Waals surface area contributed by atoms with Gasteiger partial charge < -0.3 is 4.90 Å². The SMILES string of the molecule is Cc1cc(C)c(-n2c3ccccc3n3c(N(C)CC4CC4)c(C(F)(F)F)nc23)c(C)c1. The van der Waals surface area contributed by atoms with E-state index in [2.05, 4.69) is 17.1 Å². The third-order valence-corrected chi connectivity index (χ3v) is 6.12. The molecule has 7 heteroatoms. The Hall–Kier alpha value is -2.96. The number of halogens is 3. The number of para-hydroxylation sites is 2. The van der Waals surface area contributed by atoms with Crippen molar-refractivity contribution in [2.24, 2.45) is 5.92 Å². The Labute approximate surface area is 178 Å². The topological polar surface area (TPSA) is 25.5 Å². The third-order valence-electron chi connectivity index (χ3n) is 6.12. The first-order valence-electron chi connectivity index (χ1n) is 10.5. The summed E-state index contributed by atoms with van der Waals surface area (Å²) in [5, 5.41) is 0. The van der Waals surface area contributed by atoms with E-state index in [1.165, 1.54) is 0 Å². The van der Waals surface area contributed by atoms with Gasteiger partial charge in [-0.25, -0.2) is 4.98 Å². The maximum Gasteiger partial charge on any atom is 0.437 e. The van der Waals surface area contributed by atoms with E-state index in [0.717, 1.165) is 46.3 Å². The normalized spacial score (nSPS) is 14.7. The van der Waals surface area contributed by atoms with E-state index < -0.39 is 11.9 Å². The Bertz CT molecular complexity index is 1290. The lowest BCUT2D eigenvalue weighted by atomic mass is 10.0. The number of alkyl halides is 3. The van der Waals surface area contributed by atoms with Gasteiger partial charge in [0.25, 0.3) is 0 Å². The van der Waals surface area contributed by atoms with Gasteiger partial charge in [0.05, 0.1) is 16.7 Å². The second-order valence-electron chi connectivity index (χ2n) is 8.81. The van der Waals surface area contributed by atoms with Crippen LogP contribution in [0, 0.1) is 26.7 Å². The highest BCUT2D eigenvalue weighted by molar-refractivity contribution is 5.87. The highest BCUT2D eigenvalue weighted by atomic mass is 19.4. The molecule has 0 atom stereocenters. The second-order valence-corrected chi connectivity index (χ2v) is 8.81. The minimum Gasteiger partial charge on any atom is -0.359 e. The molecule has 0 unspecified atom stereocenters. The molecule has 0 radical (unpaired) electrons. The van der Waals surface area contributed by atoms with Crippen LogP contribution in [0.4, 0.5) is 19.0 Å². The summed E-state index contributed by atoms with van der Waals surface area (Å²) in [4.78, 5) is 5.94. The average Bonchev–Trinajstić information content (AvgIpc) is 3.30. The van der Waals surface area contributed by atoms with Crippen LogP contribution in [-0.2, 0) is 6.18 Å². The number of aryl methyl sites for hydroxylation is 3. The molecule has 0 saturated heterocycles. The van der Waals surface area contributed by atoms with Crippen molar-refractivity contribution in [2.75, 3.05) is 18.5 Å². The molecular formula is C24H25F3N4. The van der Waals surface area contributed by atoms with Gasteiger partial charge >= 0.3 is 6.18 Å².